The van der Waals surface area contributed by atoms with Gasteiger partial charge in [-0.05, 0) is 25.8 Å². The average Bonchev–Trinajstić information content (AvgIpc) is 1.97. The van der Waals surface area contributed by atoms with Gasteiger partial charge in [0.1, 0.15) is 0 Å². The average molecular weight is 173 g/mol. The molecule has 1 N–H and O–H groups in total. The number of hydrogen-bond acceptors (Lipinski definition) is 2. The molecule has 12 heavy (non-hydrogen) atoms. The molecule has 0 bridgehead atoms. The lowest BCUT2D eigenvalue weighted by atomic mass is 10.1. The zero-order valence-corrected chi connectivity index (χ0v) is 8.89. The molecule has 0 saturated heterocycles. The molecule has 0 spiro atoms. The van der Waals surface area contributed by atoms with Gasteiger partial charge in [-0.1, -0.05) is 20.8 Å². The standard InChI is InChI=1S/C10H23NO/c1-5-11-6-7-12-10(4)8-9(2)3/h9-11H,5-8H2,1-4H3. The van der Waals surface area contributed by atoms with E-state index in [0.717, 1.165) is 32.0 Å². The van der Waals surface area contributed by atoms with Crippen LogP contribution >= 0.6 is 0 Å². The van der Waals surface area contributed by atoms with Crippen LogP contribution in [0.2, 0.25) is 0 Å². The van der Waals surface area contributed by atoms with Crippen LogP contribution in [0.25, 0.3) is 0 Å². The molecule has 0 fully saturated rings. The molecule has 0 aliphatic rings. The fraction of sp³-hybridized carbons (Fsp3) is 1.00. The van der Waals surface area contributed by atoms with Gasteiger partial charge in [0.25, 0.3) is 0 Å². The van der Waals surface area contributed by atoms with Crippen LogP contribution in [0.4, 0.5) is 0 Å². The first kappa shape index (κ1) is 11.9. The highest BCUT2D eigenvalue weighted by Crippen LogP contribution is 2.06. The fourth-order valence-corrected chi connectivity index (χ4v) is 1.24. The van der Waals surface area contributed by atoms with Crippen LogP contribution in [0.15, 0.2) is 0 Å². The van der Waals surface area contributed by atoms with Gasteiger partial charge in [0.05, 0.1) is 12.7 Å². The van der Waals surface area contributed by atoms with E-state index in [1.54, 1.807) is 0 Å². The summed E-state index contributed by atoms with van der Waals surface area (Å²) >= 11 is 0. The van der Waals surface area contributed by atoms with Crippen LogP contribution in [0.3, 0.4) is 0 Å². The van der Waals surface area contributed by atoms with Gasteiger partial charge in [0.2, 0.25) is 0 Å². The van der Waals surface area contributed by atoms with E-state index in [-0.39, 0.29) is 0 Å². The lowest BCUT2D eigenvalue weighted by molar-refractivity contribution is 0.0541. The fourth-order valence-electron chi connectivity index (χ4n) is 1.24. The van der Waals surface area contributed by atoms with E-state index in [0.29, 0.717) is 6.10 Å². The molecule has 0 saturated carbocycles. The summed E-state index contributed by atoms with van der Waals surface area (Å²) in [6, 6.07) is 0. The maximum absolute atomic E-state index is 5.59. The first-order valence-electron chi connectivity index (χ1n) is 4.99. The molecule has 0 heterocycles. The monoisotopic (exact) mass is 173 g/mol. The van der Waals surface area contributed by atoms with Crippen molar-refractivity contribution in [3.63, 3.8) is 0 Å². The largest absolute Gasteiger partial charge is 0.377 e. The van der Waals surface area contributed by atoms with Gasteiger partial charge in [0.15, 0.2) is 0 Å². The van der Waals surface area contributed by atoms with E-state index in [2.05, 4.69) is 33.0 Å². The summed E-state index contributed by atoms with van der Waals surface area (Å²) in [6.07, 6.45) is 1.57. The molecule has 0 aliphatic carbocycles. The number of ether oxygens (including phenoxy) is 1. The van der Waals surface area contributed by atoms with Crippen LogP contribution in [0.1, 0.15) is 34.1 Å². The minimum absolute atomic E-state index is 0.406. The molecule has 1 atom stereocenters. The Bertz CT molecular complexity index is 93.8. The third-order valence-corrected chi connectivity index (χ3v) is 1.73. The van der Waals surface area contributed by atoms with Gasteiger partial charge in [-0.2, -0.15) is 0 Å². The molecular weight excluding hydrogens is 150 g/mol. The smallest absolute Gasteiger partial charge is 0.0594 e. The van der Waals surface area contributed by atoms with E-state index in [1.807, 2.05) is 0 Å². The zero-order chi connectivity index (χ0) is 9.40. The predicted molar refractivity (Wildman–Crippen MR) is 53.4 cm³/mol. The third kappa shape index (κ3) is 8.02. The Hall–Kier alpha value is -0.0800. The molecular formula is C10H23NO. The highest BCUT2D eigenvalue weighted by molar-refractivity contribution is 4.54. The second-order valence-corrected chi connectivity index (χ2v) is 3.66. The Morgan fingerprint density at radius 1 is 1.25 bits per heavy atom. The zero-order valence-electron chi connectivity index (χ0n) is 8.89. The van der Waals surface area contributed by atoms with Gasteiger partial charge in [0, 0.05) is 6.54 Å². The van der Waals surface area contributed by atoms with Gasteiger partial charge >= 0.3 is 0 Å². The van der Waals surface area contributed by atoms with Gasteiger partial charge < -0.3 is 10.1 Å². The Balaban J connectivity index is 3.14. The van der Waals surface area contributed by atoms with E-state index < -0.39 is 0 Å². The van der Waals surface area contributed by atoms with E-state index in [1.165, 1.54) is 0 Å². The number of nitrogens with one attached hydrogen (secondary N) is 1. The summed E-state index contributed by atoms with van der Waals surface area (Å²) in [5.41, 5.74) is 0. The number of hydrogen-bond donors (Lipinski definition) is 1. The number of rotatable bonds is 7. The maximum Gasteiger partial charge on any atom is 0.0594 e. The Morgan fingerprint density at radius 2 is 1.92 bits per heavy atom. The topological polar surface area (TPSA) is 21.3 Å². The molecule has 2 nitrogen and oxygen atoms in total. The summed E-state index contributed by atoms with van der Waals surface area (Å²) in [5, 5.41) is 3.23. The SMILES string of the molecule is CCNCCOC(C)CC(C)C. The van der Waals surface area contributed by atoms with E-state index in [9.17, 15) is 0 Å². The van der Waals surface area contributed by atoms with Gasteiger partial charge in [-0.3, -0.25) is 0 Å². The molecule has 1 unspecified atom stereocenters. The molecule has 0 aromatic carbocycles. The maximum atomic E-state index is 5.59. The first-order valence-corrected chi connectivity index (χ1v) is 4.99. The van der Waals surface area contributed by atoms with Crippen LogP contribution in [-0.4, -0.2) is 25.8 Å². The van der Waals surface area contributed by atoms with Crippen molar-refractivity contribution in [2.75, 3.05) is 19.7 Å². The van der Waals surface area contributed by atoms with Crippen LogP contribution in [0.5, 0.6) is 0 Å². The van der Waals surface area contributed by atoms with Crippen molar-refractivity contribution in [3.05, 3.63) is 0 Å². The first-order chi connectivity index (χ1) is 5.66. The molecule has 0 aromatic rings. The summed E-state index contributed by atoms with van der Waals surface area (Å²) in [7, 11) is 0. The summed E-state index contributed by atoms with van der Waals surface area (Å²) in [6.45, 7) is 11.5. The predicted octanol–water partition coefficient (Wildman–Crippen LogP) is 2.05. The van der Waals surface area contributed by atoms with Crippen molar-refractivity contribution in [3.8, 4) is 0 Å². The van der Waals surface area contributed by atoms with Crippen molar-refractivity contribution >= 4 is 0 Å². The quantitative estimate of drug-likeness (QED) is 0.595. The Kier molecular flexibility index (Phi) is 7.51. The lowest BCUT2D eigenvalue weighted by Crippen LogP contribution is -2.22. The summed E-state index contributed by atoms with van der Waals surface area (Å²) in [4.78, 5) is 0. The lowest BCUT2D eigenvalue weighted by Gasteiger charge is -2.14. The van der Waals surface area contributed by atoms with E-state index >= 15 is 0 Å². The molecule has 0 aromatic heterocycles. The van der Waals surface area contributed by atoms with Crippen LogP contribution < -0.4 is 5.32 Å². The molecule has 0 aliphatic heterocycles. The van der Waals surface area contributed by atoms with Crippen LogP contribution in [-0.2, 0) is 4.74 Å². The minimum atomic E-state index is 0.406. The molecule has 0 radical (unpaired) electrons. The summed E-state index contributed by atoms with van der Waals surface area (Å²) < 4.78 is 5.59. The molecule has 74 valence electrons. The molecule has 2 heteroatoms. The third-order valence-electron chi connectivity index (χ3n) is 1.73. The van der Waals surface area contributed by atoms with Crippen molar-refractivity contribution in [2.24, 2.45) is 5.92 Å². The van der Waals surface area contributed by atoms with Crippen molar-refractivity contribution in [1.29, 1.82) is 0 Å². The highest BCUT2D eigenvalue weighted by atomic mass is 16.5. The van der Waals surface area contributed by atoms with E-state index in [4.69, 9.17) is 4.74 Å². The molecule has 0 rings (SSSR count). The second-order valence-electron chi connectivity index (χ2n) is 3.66. The minimum Gasteiger partial charge on any atom is -0.377 e. The van der Waals surface area contributed by atoms with Crippen molar-refractivity contribution in [2.45, 2.75) is 40.2 Å². The van der Waals surface area contributed by atoms with Crippen LogP contribution in [0, 0.1) is 5.92 Å². The number of likely N-dealkylation sites (N-methyl/N-ethyl adjacent to an activating group) is 1. The van der Waals surface area contributed by atoms with Gasteiger partial charge in [-0.25, -0.2) is 0 Å². The van der Waals surface area contributed by atoms with Crippen molar-refractivity contribution in [1.82, 2.24) is 5.32 Å². The summed E-state index contributed by atoms with van der Waals surface area (Å²) in [5.74, 6) is 0.735. The van der Waals surface area contributed by atoms with Crippen molar-refractivity contribution < 1.29 is 4.74 Å². The highest BCUT2D eigenvalue weighted by Gasteiger charge is 2.03. The second kappa shape index (κ2) is 7.56. The van der Waals surface area contributed by atoms with Gasteiger partial charge in [-0.15, -0.1) is 0 Å². The Labute approximate surface area is 76.7 Å². The Morgan fingerprint density at radius 3 is 2.42 bits per heavy atom. The molecule has 0 amide bonds. The normalized spacial score (nSPS) is 13.8.